The summed E-state index contributed by atoms with van der Waals surface area (Å²) in [5, 5.41) is 13.7. The van der Waals surface area contributed by atoms with Gasteiger partial charge in [0, 0.05) is 23.3 Å². The number of aliphatic carboxylic acids is 1. The predicted octanol–water partition coefficient (Wildman–Crippen LogP) is 2.26. The Morgan fingerprint density at radius 1 is 1.06 bits per heavy atom. The second-order valence-corrected chi connectivity index (χ2v) is 9.00. The van der Waals surface area contributed by atoms with E-state index in [1.807, 2.05) is 44.2 Å². The van der Waals surface area contributed by atoms with E-state index >= 15 is 0 Å². The van der Waals surface area contributed by atoms with Crippen molar-refractivity contribution in [1.29, 1.82) is 0 Å². The van der Waals surface area contributed by atoms with Crippen LogP contribution in [0.15, 0.2) is 51.7 Å². The molecule has 2 aromatic carbocycles. The van der Waals surface area contributed by atoms with Crippen LogP contribution >= 0.6 is 0 Å². The fourth-order valence-corrected chi connectivity index (χ4v) is 4.01. The number of aryl methyl sites for hydroxylation is 1. The summed E-state index contributed by atoms with van der Waals surface area (Å²) in [7, 11) is 0. The monoisotopic (exact) mass is 494 g/mol. The van der Waals surface area contributed by atoms with Gasteiger partial charge in [0.1, 0.15) is 29.2 Å². The number of rotatable bonds is 8. The minimum Gasteiger partial charge on any atom is -0.487 e. The van der Waals surface area contributed by atoms with Crippen LogP contribution in [0.5, 0.6) is 11.5 Å². The number of hydrogen-bond donors (Lipinski definition) is 3. The summed E-state index contributed by atoms with van der Waals surface area (Å²) in [4.78, 5) is 47.1. The van der Waals surface area contributed by atoms with Gasteiger partial charge in [-0.15, -0.1) is 0 Å². The molecule has 0 saturated carbocycles. The van der Waals surface area contributed by atoms with Crippen molar-refractivity contribution in [2.75, 3.05) is 19.7 Å². The summed E-state index contributed by atoms with van der Waals surface area (Å²) < 4.78 is 17.7. The average molecular weight is 495 g/mol. The van der Waals surface area contributed by atoms with Crippen molar-refractivity contribution in [2.24, 2.45) is 0 Å². The van der Waals surface area contributed by atoms with Gasteiger partial charge in [-0.2, -0.15) is 0 Å². The van der Waals surface area contributed by atoms with Crippen LogP contribution in [-0.4, -0.2) is 48.2 Å². The summed E-state index contributed by atoms with van der Waals surface area (Å²) in [5.74, 6) is -1.63. The van der Waals surface area contributed by atoms with E-state index in [2.05, 4.69) is 10.6 Å². The smallest absolute Gasteiger partial charge is 0.336 e. The Bertz CT molecular complexity index is 1380. The molecule has 1 aliphatic rings. The van der Waals surface area contributed by atoms with Crippen LogP contribution in [-0.2, 0) is 20.8 Å². The molecule has 36 heavy (non-hydrogen) atoms. The van der Waals surface area contributed by atoms with Crippen LogP contribution in [0.3, 0.4) is 0 Å². The molecule has 2 amide bonds. The van der Waals surface area contributed by atoms with Crippen LogP contribution in [0.25, 0.3) is 22.1 Å². The van der Waals surface area contributed by atoms with Crippen molar-refractivity contribution in [1.82, 2.24) is 10.6 Å². The van der Waals surface area contributed by atoms with Crippen molar-refractivity contribution in [2.45, 2.75) is 32.3 Å². The van der Waals surface area contributed by atoms with Gasteiger partial charge in [-0.25, -0.2) is 4.79 Å². The second-order valence-electron chi connectivity index (χ2n) is 9.00. The maximum Gasteiger partial charge on any atom is 0.336 e. The van der Waals surface area contributed by atoms with E-state index in [1.165, 1.54) is 6.07 Å². The van der Waals surface area contributed by atoms with Gasteiger partial charge >= 0.3 is 11.6 Å². The van der Waals surface area contributed by atoms with Gasteiger partial charge in [0.25, 0.3) is 5.91 Å². The van der Waals surface area contributed by atoms with Crippen LogP contribution in [0.2, 0.25) is 0 Å². The summed E-state index contributed by atoms with van der Waals surface area (Å²) in [6.07, 6.45) is 1.35. The maximum atomic E-state index is 12.5. The van der Waals surface area contributed by atoms with Gasteiger partial charge in [-0.1, -0.05) is 30.3 Å². The van der Waals surface area contributed by atoms with Crippen molar-refractivity contribution >= 4 is 28.8 Å². The lowest BCUT2D eigenvalue weighted by Crippen LogP contribution is -2.40. The predicted molar refractivity (Wildman–Crippen MR) is 130 cm³/mol. The lowest BCUT2D eigenvalue weighted by atomic mass is 9.91. The molecule has 10 heteroatoms. The minimum atomic E-state index is -1.19. The molecule has 0 radical (unpaired) electrons. The highest BCUT2D eigenvalue weighted by atomic mass is 16.5. The number of carboxylic acids is 1. The molecule has 0 unspecified atom stereocenters. The largest absolute Gasteiger partial charge is 0.487 e. The van der Waals surface area contributed by atoms with Crippen molar-refractivity contribution in [3.05, 3.63) is 58.4 Å². The number of carboxylic acid groups (broad SMARTS) is 1. The molecule has 2 heterocycles. The normalized spacial score (nSPS) is 13.8. The molecule has 3 N–H and O–H groups in total. The molecule has 188 valence electrons. The third kappa shape index (κ3) is 5.65. The third-order valence-electron chi connectivity index (χ3n) is 5.73. The Balaban J connectivity index is 1.67. The fraction of sp³-hybridized carbons (Fsp3) is 0.308. The minimum absolute atomic E-state index is 0.287. The van der Waals surface area contributed by atoms with Crippen molar-refractivity contribution < 1.29 is 33.4 Å². The van der Waals surface area contributed by atoms with E-state index in [0.29, 0.717) is 28.7 Å². The number of carbonyl (C=O) groups is 3. The van der Waals surface area contributed by atoms with E-state index in [-0.39, 0.29) is 5.75 Å². The first-order valence-electron chi connectivity index (χ1n) is 11.4. The molecule has 0 atom stereocenters. The molecule has 1 aromatic heterocycles. The lowest BCUT2D eigenvalue weighted by molar-refractivity contribution is -0.137. The summed E-state index contributed by atoms with van der Waals surface area (Å²) >= 11 is 0. The maximum absolute atomic E-state index is 12.5. The lowest BCUT2D eigenvalue weighted by Gasteiger charge is -2.33. The number of nitrogens with one attached hydrogen (secondary N) is 2. The summed E-state index contributed by atoms with van der Waals surface area (Å²) in [5.41, 5.74) is 1.52. The van der Waals surface area contributed by atoms with Crippen molar-refractivity contribution in [3.63, 3.8) is 0 Å². The van der Waals surface area contributed by atoms with Crippen LogP contribution in [0.4, 0.5) is 0 Å². The Hall–Kier alpha value is -4.34. The van der Waals surface area contributed by atoms with E-state index in [1.54, 1.807) is 6.07 Å². The molecular formula is C26H26N2O8. The number of carbonyl (C=O) groups excluding carboxylic acids is 2. The Morgan fingerprint density at radius 2 is 1.78 bits per heavy atom. The Labute approximate surface area is 206 Å². The molecule has 4 rings (SSSR count). The molecular weight excluding hydrogens is 468 g/mol. The van der Waals surface area contributed by atoms with Gasteiger partial charge in [0.05, 0.1) is 11.9 Å². The van der Waals surface area contributed by atoms with Crippen LogP contribution < -0.4 is 25.7 Å². The quantitative estimate of drug-likeness (QED) is 0.405. The number of fused-ring (bicyclic) bond motifs is 3. The number of benzene rings is 2. The first-order valence-corrected chi connectivity index (χ1v) is 11.4. The highest BCUT2D eigenvalue weighted by Crippen LogP contribution is 2.44. The summed E-state index contributed by atoms with van der Waals surface area (Å²) in [6, 6.07) is 12.4. The van der Waals surface area contributed by atoms with Gasteiger partial charge in [0.2, 0.25) is 5.91 Å². The SMILES string of the molecule is CC1(C)CCc2c(cc(OCC(=O)NCC(=O)NCC(=O)O)c3c(-c4ccccc4)cc(=O)oc23)O1. The first-order chi connectivity index (χ1) is 17.1. The number of hydrogen-bond acceptors (Lipinski definition) is 7. The zero-order chi connectivity index (χ0) is 25.9. The van der Waals surface area contributed by atoms with E-state index < -0.39 is 48.7 Å². The standard InChI is InChI=1S/C26H26N2O8/c1-26(2)9-8-16-18(36-26)11-19(34-14-21(30)27-12-20(29)28-13-22(31)32)24-17(10-23(33)35-25(16)24)15-6-4-3-5-7-15/h3-7,10-11H,8-9,12-14H2,1-2H3,(H,27,30)(H,28,29)(H,31,32). The molecule has 0 fully saturated rings. The average Bonchev–Trinajstić information content (AvgIpc) is 2.83. The highest BCUT2D eigenvalue weighted by Gasteiger charge is 2.31. The topological polar surface area (TPSA) is 144 Å². The highest BCUT2D eigenvalue weighted by molar-refractivity contribution is 6.00. The molecule has 0 bridgehead atoms. The Kier molecular flexibility index (Phi) is 6.96. The van der Waals surface area contributed by atoms with Crippen LogP contribution in [0, 0.1) is 0 Å². The van der Waals surface area contributed by atoms with Gasteiger partial charge < -0.3 is 29.6 Å². The third-order valence-corrected chi connectivity index (χ3v) is 5.73. The zero-order valence-corrected chi connectivity index (χ0v) is 19.9. The number of ether oxygens (including phenoxy) is 2. The van der Waals surface area contributed by atoms with Gasteiger partial charge in [0.15, 0.2) is 6.61 Å². The van der Waals surface area contributed by atoms with Crippen molar-refractivity contribution in [3.8, 4) is 22.6 Å². The number of amides is 2. The first kappa shape index (κ1) is 24.8. The second kappa shape index (κ2) is 10.1. The molecule has 1 aliphatic heterocycles. The van der Waals surface area contributed by atoms with E-state index in [4.69, 9.17) is 19.0 Å². The van der Waals surface area contributed by atoms with Crippen LogP contribution in [0.1, 0.15) is 25.8 Å². The Morgan fingerprint density at radius 3 is 2.50 bits per heavy atom. The van der Waals surface area contributed by atoms with Gasteiger partial charge in [-0.05, 0) is 32.3 Å². The summed E-state index contributed by atoms with van der Waals surface area (Å²) in [6.45, 7) is 2.54. The zero-order valence-electron chi connectivity index (χ0n) is 19.9. The molecule has 10 nitrogen and oxygen atoms in total. The molecule has 0 spiro atoms. The van der Waals surface area contributed by atoms with E-state index in [9.17, 15) is 19.2 Å². The molecule has 3 aromatic rings. The van der Waals surface area contributed by atoms with Gasteiger partial charge in [-0.3, -0.25) is 14.4 Å². The molecule has 0 aliphatic carbocycles. The molecule has 0 saturated heterocycles. The fourth-order valence-electron chi connectivity index (χ4n) is 4.01. The van der Waals surface area contributed by atoms with E-state index in [0.717, 1.165) is 17.5 Å².